The highest BCUT2D eigenvalue weighted by Crippen LogP contribution is 2.18. The molecular weight excluding hydrogens is 408 g/mol. The van der Waals surface area contributed by atoms with Crippen molar-refractivity contribution in [2.24, 2.45) is 10.9 Å². The Hall–Kier alpha value is -2.32. The van der Waals surface area contributed by atoms with Gasteiger partial charge in [-0.15, -0.1) is 0 Å². The quantitative estimate of drug-likeness (QED) is 0.243. The van der Waals surface area contributed by atoms with Gasteiger partial charge in [-0.05, 0) is 62.1 Å². The third-order valence-electron chi connectivity index (χ3n) is 5.62. The van der Waals surface area contributed by atoms with E-state index in [1.807, 2.05) is 24.3 Å². The zero-order chi connectivity index (χ0) is 22.4. The fourth-order valence-electron chi connectivity index (χ4n) is 3.49. The number of nitrogens with one attached hydrogen (secondary N) is 3. The van der Waals surface area contributed by atoms with E-state index in [-0.39, 0.29) is 12.5 Å². The van der Waals surface area contributed by atoms with E-state index in [4.69, 9.17) is 14.2 Å². The van der Waals surface area contributed by atoms with Crippen LogP contribution in [-0.4, -0.2) is 71.1 Å². The highest BCUT2D eigenvalue weighted by molar-refractivity contribution is 5.79. The summed E-state index contributed by atoms with van der Waals surface area (Å²) in [5.74, 6) is 2.12. The largest absolute Gasteiger partial charge is 0.484 e. The Kier molecular flexibility index (Phi) is 10.6. The second kappa shape index (κ2) is 14.0. The van der Waals surface area contributed by atoms with Crippen LogP contribution in [-0.2, 0) is 20.7 Å². The number of amides is 1. The maximum absolute atomic E-state index is 11.7. The summed E-state index contributed by atoms with van der Waals surface area (Å²) in [5.41, 5.74) is 1.20. The van der Waals surface area contributed by atoms with Crippen molar-refractivity contribution in [3.8, 4) is 5.75 Å². The lowest BCUT2D eigenvalue weighted by Crippen LogP contribution is -2.39. The van der Waals surface area contributed by atoms with Crippen LogP contribution in [0.25, 0.3) is 0 Å². The zero-order valence-electron chi connectivity index (χ0n) is 19.2. The van der Waals surface area contributed by atoms with Crippen molar-refractivity contribution in [2.75, 3.05) is 53.2 Å². The van der Waals surface area contributed by atoms with Crippen LogP contribution in [0.15, 0.2) is 29.3 Å². The average molecular weight is 447 g/mol. The molecule has 0 radical (unpaired) electrons. The van der Waals surface area contributed by atoms with Crippen LogP contribution < -0.4 is 20.7 Å². The molecule has 0 aromatic heterocycles. The van der Waals surface area contributed by atoms with Gasteiger partial charge in [0.25, 0.3) is 5.91 Å². The molecule has 2 fully saturated rings. The number of carbonyl (C=O) groups excluding carboxylic acids is 1. The number of hydrogen-bond donors (Lipinski definition) is 3. The van der Waals surface area contributed by atoms with Crippen LogP contribution in [0.2, 0.25) is 0 Å². The molecule has 0 unspecified atom stereocenters. The van der Waals surface area contributed by atoms with Crippen molar-refractivity contribution in [3.05, 3.63) is 29.8 Å². The fourth-order valence-corrected chi connectivity index (χ4v) is 3.49. The number of benzene rings is 1. The highest BCUT2D eigenvalue weighted by atomic mass is 16.5. The predicted octanol–water partition coefficient (Wildman–Crippen LogP) is 1.88. The minimum absolute atomic E-state index is 0.0504. The summed E-state index contributed by atoms with van der Waals surface area (Å²) >= 11 is 0. The summed E-state index contributed by atoms with van der Waals surface area (Å²) in [6.45, 7) is 5.02. The molecule has 1 amide bonds. The Labute approximate surface area is 191 Å². The van der Waals surface area contributed by atoms with Gasteiger partial charge in [-0.3, -0.25) is 9.79 Å². The molecule has 2 aliphatic rings. The lowest BCUT2D eigenvalue weighted by Gasteiger charge is -2.21. The maximum atomic E-state index is 11.7. The van der Waals surface area contributed by atoms with Gasteiger partial charge in [0, 0.05) is 52.6 Å². The molecule has 8 heteroatoms. The third-order valence-corrected chi connectivity index (χ3v) is 5.62. The molecule has 1 heterocycles. The van der Waals surface area contributed by atoms with Crippen LogP contribution >= 0.6 is 0 Å². The molecule has 1 aromatic rings. The fraction of sp³-hybridized carbons (Fsp3) is 0.667. The Balaban J connectivity index is 1.21. The number of rotatable bonds is 13. The molecule has 8 nitrogen and oxygen atoms in total. The van der Waals surface area contributed by atoms with Gasteiger partial charge in [0.15, 0.2) is 12.6 Å². The summed E-state index contributed by atoms with van der Waals surface area (Å²) in [6.07, 6.45) is 6.21. The minimum atomic E-state index is -0.0504. The lowest BCUT2D eigenvalue weighted by atomic mass is 10.0. The number of hydrogen-bond acceptors (Lipinski definition) is 5. The number of guanidine groups is 1. The van der Waals surface area contributed by atoms with Crippen molar-refractivity contribution in [3.63, 3.8) is 0 Å². The molecule has 1 aliphatic heterocycles. The first kappa shape index (κ1) is 24.3. The first-order valence-electron chi connectivity index (χ1n) is 11.8. The second-order valence-electron chi connectivity index (χ2n) is 8.43. The van der Waals surface area contributed by atoms with E-state index in [2.05, 4.69) is 20.9 Å². The van der Waals surface area contributed by atoms with Gasteiger partial charge in [0.1, 0.15) is 5.75 Å². The summed E-state index contributed by atoms with van der Waals surface area (Å²) in [7, 11) is 1.78. The molecule has 1 aliphatic carbocycles. The number of ether oxygens (including phenoxy) is 3. The van der Waals surface area contributed by atoms with Crippen LogP contribution in [0, 0.1) is 5.92 Å². The van der Waals surface area contributed by atoms with Gasteiger partial charge >= 0.3 is 0 Å². The van der Waals surface area contributed by atoms with Crippen LogP contribution in [0.5, 0.6) is 5.75 Å². The first-order valence-corrected chi connectivity index (χ1v) is 11.8. The van der Waals surface area contributed by atoms with Crippen molar-refractivity contribution in [1.82, 2.24) is 16.0 Å². The third kappa shape index (κ3) is 9.87. The molecule has 0 bridgehead atoms. The highest BCUT2D eigenvalue weighted by Gasteiger charge is 2.23. The number of aliphatic imine (C=N–C) groups is 1. The van der Waals surface area contributed by atoms with E-state index < -0.39 is 0 Å². The van der Waals surface area contributed by atoms with Gasteiger partial charge in [-0.25, -0.2) is 0 Å². The second-order valence-corrected chi connectivity index (χ2v) is 8.43. The Morgan fingerprint density at radius 3 is 2.56 bits per heavy atom. The Morgan fingerprint density at radius 2 is 1.84 bits per heavy atom. The average Bonchev–Trinajstić information content (AvgIpc) is 3.64. The normalized spacial score (nSPS) is 17.1. The number of nitrogens with zero attached hydrogens (tertiary/aromatic N) is 1. The molecule has 0 atom stereocenters. The van der Waals surface area contributed by atoms with E-state index in [0.29, 0.717) is 17.7 Å². The van der Waals surface area contributed by atoms with E-state index in [1.165, 1.54) is 5.56 Å². The Bertz CT molecular complexity index is 700. The van der Waals surface area contributed by atoms with E-state index in [0.717, 1.165) is 84.0 Å². The predicted molar refractivity (Wildman–Crippen MR) is 125 cm³/mol. The minimum Gasteiger partial charge on any atom is -0.484 e. The summed E-state index contributed by atoms with van der Waals surface area (Å²) in [4.78, 5) is 16.0. The zero-order valence-corrected chi connectivity index (χ0v) is 19.2. The molecule has 32 heavy (non-hydrogen) atoms. The summed E-state index contributed by atoms with van der Waals surface area (Å²) in [6, 6.07) is 8.24. The van der Waals surface area contributed by atoms with Gasteiger partial charge in [0.05, 0.1) is 0 Å². The standard InChI is InChI=1S/C24H38N4O4/c1-25-24(26-12-2-14-31-17-20-10-15-30-16-11-20)27-13-9-19-3-7-22(8-4-19)32-18-23(29)28-21-5-6-21/h3-4,7-8,20-21H,2,5-6,9-18H2,1H3,(H,28,29)(H2,25,26,27). The SMILES string of the molecule is CN=C(NCCCOCC1CCOCC1)NCCc1ccc(OCC(=O)NC2CC2)cc1. The van der Waals surface area contributed by atoms with E-state index in [1.54, 1.807) is 7.05 Å². The first-order chi connectivity index (χ1) is 15.7. The van der Waals surface area contributed by atoms with E-state index in [9.17, 15) is 4.79 Å². The Morgan fingerprint density at radius 1 is 1.09 bits per heavy atom. The molecular formula is C24H38N4O4. The van der Waals surface area contributed by atoms with Gasteiger partial charge in [0.2, 0.25) is 0 Å². The van der Waals surface area contributed by atoms with Gasteiger partial charge < -0.3 is 30.2 Å². The summed E-state index contributed by atoms with van der Waals surface area (Å²) < 4.78 is 16.7. The van der Waals surface area contributed by atoms with Crippen LogP contribution in [0.1, 0.15) is 37.7 Å². The molecule has 3 rings (SSSR count). The van der Waals surface area contributed by atoms with Crippen LogP contribution in [0.4, 0.5) is 0 Å². The van der Waals surface area contributed by atoms with Gasteiger partial charge in [-0.2, -0.15) is 0 Å². The summed E-state index contributed by atoms with van der Waals surface area (Å²) in [5, 5.41) is 9.59. The maximum Gasteiger partial charge on any atom is 0.258 e. The number of carbonyl (C=O) groups is 1. The molecule has 178 valence electrons. The van der Waals surface area contributed by atoms with E-state index >= 15 is 0 Å². The van der Waals surface area contributed by atoms with Crippen molar-refractivity contribution < 1.29 is 19.0 Å². The monoisotopic (exact) mass is 446 g/mol. The van der Waals surface area contributed by atoms with Crippen molar-refractivity contribution in [2.45, 2.75) is 44.6 Å². The van der Waals surface area contributed by atoms with Crippen molar-refractivity contribution in [1.29, 1.82) is 0 Å². The van der Waals surface area contributed by atoms with Crippen LogP contribution in [0.3, 0.4) is 0 Å². The topological polar surface area (TPSA) is 93.2 Å². The molecule has 1 saturated heterocycles. The molecule has 0 spiro atoms. The molecule has 1 aromatic carbocycles. The molecule has 3 N–H and O–H groups in total. The van der Waals surface area contributed by atoms with Crippen molar-refractivity contribution >= 4 is 11.9 Å². The smallest absolute Gasteiger partial charge is 0.258 e. The lowest BCUT2D eigenvalue weighted by molar-refractivity contribution is -0.123. The molecule has 1 saturated carbocycles. The van der Waals surface area contributed by atoms with Gasteiger partial charge in [-0.1, -0.05) is 12.1 Å².